The van der Waals surface area contributed by atoms with Crippen LogP contribution in [0, 0.1) is 20.8 Å². The first-order chi connectivity index (χ1) is 8.96. The van der Waals surface area contributed by atoms with Crippen molar-refractivity contribution < 1.29 is 13.5 Å². The lowest BCUT2D eigenvalue weighted by Crippen LogP contribution is -2.47. The van der Waals surface area contributed by atoms with Crippen molar-refractivity contribution >= 4 is 15.7 Å². The van der Waals surface area contributed by atoms with Gasteiger partial charge in [0, 0.05) is 12.7 Å². The standard InChI is InChI=1S/C14H24N2O3S/c1-9-7-10(2)13(11(3)12(9)15)20(18,19)16(6)14(4,5)8-17/h7,17H,8,15H2,1-6H3. The molecule has 5 nitrogen and oxygen atoms in total. The summed E-state index contributed by atoms with van der Waals surface area (Å²) in [6.45, 7) is 8.41. The smallest absolute Gasteiger partial charge is 0.243 e. The molecule has 0 atom stereocenters. The molecule has 0 heterocycles. The summed E-state index contributed by atoms with van der Waals surface area (Å²) in [5.74, 6) is 0. The van der Waals surface area contributed by atoms with Crippen LogP contribution in [0.15, 0.2) is 11.0 Å². The maximum Gasteiger partial charge on any atom is 0.243 e. The van der Waals surface area contributed by atoms with Gasteiger partial charge in [0.2, 0.25) is 10.0 Å². The number of nitrogens with two attached hydrogens (primary N) is 1. The molecule has 0 saturated carbocycles. The molecule has 1 aromatic rings. The zero-order valence-electron chi connectivity index (χ0n) is 13.0. The molecule has 114 valence electrons. The molecule has 0 aliphatic carbocycles. The quantitative estimate of drug-likeness (QED) is 0.827. The third-order valence-corrected chi connectivity index (χ3v) is 6.18. The van der Waals surface area contributed by atoms with Gasteiger partial charge in [0.15, 0.2) is 0 Å². The molecule has 0 aliphatic heterocycles. The lowest BCUT2D eigenvalue weighted by Gasteiger charge is -2.33. The fourth-order valence-corrected chi connectivity index (χ4v) is 4.09. The number of hydrogen-bond donors (Lipinski definition) is 2. The highest BCUT2D eigenvalue weighted by atomic mass is 32.2. The minimum atomic E-state index is -3.72. The van der Waals surface area contributed by atoms with Crippen LogP contribution in [-0.2, 0) is 10.0 Å². The van der Waals surface area contributed by atoms with Gasteiger partial charge in [-0.25, -0.2) is 8.42 Å². The maximum atomic E-state index is 12.8. The molecular weight excluding hydrogens is 276 g/mol. The second kappa shape index (κ2) is 5.35. The average Bonchev–Trinajstić information content (AvgIpc) is 2.34. The first-order valence-corrected chi connectivity index (χ1v) is 7.87. The van der Waals surface area contributed by atoms with E-state index in [-0.39, 0.29) is 11.5 Å². The number of benzene rings is 1. The molecule has 0 saturated heterocycles. The number of nitrogens with zero attached hydrogens (tertiary/aromatic N) is 1. The molecule has 20 heavy (non-hydrogen) atoms. The van der Waals surface area contributed by atoms with E-state index in [2.05, 4.69) is 0 Å². The second-order valence-corrected chi connectivity index (χ2v) is 7.73. The predicted molar refractivity (Wildman–Crippen MR) is 81.2 cm³/mol. The number of nitrogen functional groups attached to an aromatic ring is 1. The Morgan fingerprint density at radius 3 is 2.20 bits per heavy atom. The number of hydrogen-bond acceptors (Lipinski definition) is 4. The minimum absolute atomic E-state index is 0.227. The fourth-order valence-electron chi connectivity index (χ4n) is 2.14. The van der Waals surface area contributed by atoms with Gasteiger partial charge in [0.05, 0.1) is 17.0 Å². The highest BCUT2D eigenvalue weighted by Gasteiger charge is 2.35. The predicted octanol–water partition coefficient (Wildman–Crippen LogP) is 1.59. The van der Waals surface area contributed by atoms with Crippen molar-refractivity contribution in [2.24, 2.45) is 0 Å². The molecule has 0 unspecified atom stereocenters. The zero-order valence-corrected chi connectivity index (χ0v) is 13.8. The number of aliphatic hydroxyl groups excluding tert-OH is 1. The van der Waals surface area contributed by atoms with Gasteiger partial charge in [-0.2, -0.15) is 4.31 Å². The third-order valence-electron chi connectivity index (χ3n) is 3.82. The minimum Gasteiger partial charge on any atom is -0.398 e. The molecule has 3 N–H and O–H groups in total. The highest BCUT2D eigenvalue weighted by Crippen LogP contribution is 2.32. The number of aryl methyl sites for hydroxylation is 2. The molecule has 0 aromatic heterocycles. The normalized spacial score (nSPS) is 13.0. The first kappa shape index (κ1) is 16.9. The van der Waals surface area contributed by atoms with Gasteiger partial charge in [-0.05, 0) is 51.3 Å². The number of likely N-dealkylation sites (N-methyl/N-ethyl adjacent to an activating group) is 1. The molecule has 6 heteroatoms. The molecule has 0 bridgehead atoms. The van der Waals surface area contributed by atoms with E-state index >= 15 is 0 Å². The van der Waals surface area contributed by atoms with E-state index in [9.17, 15) is 13.5 Å². The van der Waals surface area contributed by atoms with E-state index in [0.717, 1.165) is 5.56 Å². The van der Waals surface area contributed by atoms with Crippen LogP contribution in [0.5, 0.6) is 0 Å². The highest BCUT2D eigenvalue weighted by molar-refractivity contribution is 7.89. The van der Waals surface area contributed by atoms with E-state index in [1.807, 2.05) is 6.92 Å². The van der Waals surface area contributed by atoms with Gasteiger partial charge in [-0.3, -0.25) is 0 Å². The van der Waals surface area contributed by atoms with Crippen molar-refractivity contribution in [3.63, 3.8) is 0 Å². The summed E-state index contributed by atoms with van der Waals surface area (Å²) in [5.41, 5.74) is 7.65. The number of anilines is 1. The monoisotopic (exact) mass is 300 g/mol. The van der Waals surface area contributed by atoms with Crippen LogP contribution < -0.4 is 5.73 Å². The van der Waals surface area contributed by atoms with Gasteiger partial charge < -0.3 is 10.8 Å². The van der Waals surface area contributed by atoms with Gasteiger partial charge in [0.1, 0.15) is 0 Å². The summed E-state index contributed by atoms with van der Waals surface area (Å²) in [5, 5.41) is 9.38. The lowest BCUT2D eigenvalue weighted by molar-refractivity contribution is 0.138. The topological polar surface area (TPSA) is 83.6 Å². The first-order valence-electron chi connectivity index (χ1n) is 6.43. The summed E-state index contributed by atoms with van der Waals surface area (Å²) in [4.78, 5) is 0.227. The fraction of sp³-hybridized carbons (Fsp3) is 0.571. The summed E-state index contributed by atoms with van der Waals surface area (Å²) in [6, 6.07) is 1.77. The molecule has 0 aliphatic rings. The van der Waals surface area contributed by atoms with Crippen molar-refractivity contribution in [2.75, 3.05) is 19.4 Å². The maximum absolute atomic E-state index is 12.8. The van der Waals surface area contributed by atoms with Gasteiger partial charge in [-0.1, -0.05) is 6.07 Å². The molecule has 1 rings (SSSR count). The number of aliphatic hydroxyl groups is 1. The van der Waals surface area contributed by atoms with E-state index in [0.29, 0.717) is 16.8 Å². The summed E-state index contributed by atoms with van der Waals surface area (Å²) >= 11 is 0. The van der Waals surface area contributed by atoms with Crippen LogP contribution in [0.3, 0.4) is 0 Å². The Bertz CT molecular complexity index is 622. The third kappa shape index (κ3) is 2.68. The molecule has 0 spiro atoms. The molecule has 0 amide bonds. The Morgan fingerprint density at radius 2 is 1.75 bits per heavy atom. The van der Waals surface area contributed by atoms with Crippen LogP contribution in [0.2, 0.25) is 0 Å². The Labute approximate surface area is 121 Å². The van der Waals surface area contributed by atoms with Crippen LogP contribution in [0.25, 0.3) is 0 Å². The van der Waals surface area contributed by atoms with Crippen LogP contribution in [-0.4, -0.2) is 37.0 Å². The Morgan fingerprint density at radius 1 is 1.25 bits per heavy atom. The van der Waals surface area contributed by atoms with Gasteiger partial charge >= 0.3 is 0 Å². The Kier molecular flexibility index (Phi) is 4.53. The van der Waals surface area contributed by atoms with Gasteiger partial charge in [0.25, 0.3) is 0 Å². The van der Waals surface area contributed by atoms with E-state index < -0.39 is 15.6 Å². The summed E-state index contributed by atoms with van der Waals surface area (Å²) in [7, 11) is -2.24. The SMILES string of the molecule is Cc1cc(C)c(S(=O)(=O)N(C)C(C)(C)CO)c(C)c1N. The number of rotatable bonds is 4. The van der Waals surface area contributed by atoms with Crippen LogP contribution in [0.1, 0.15) is 30.5 Å². The van der Waals surface area contributed by atoms with E-state index in [4.69, 9.17) is 5.73 Å². The molecule has 0 radical (unpaired) electrons. The summed E-state index contributed by atoms with van der Waals surface area (Å²) < 4.78 is 26.8. The summed E-state index contributed by atoms with van der Waals surface area (Å²) in [6.07, 6.45) is 0. The number of sulfonamides is 1. The Balaban J connectivity index is 3.57. The molecule has 1 aromatic carbocycles. The Hall–Kier alpha value is -1.11. The van der Waals surface area contributed by atoms with Crippen molar-refractivity contribution in [2.45, 2.75) is 45.1 Å². The van der Waals surface area contributed by atoms with Gasteiger partial charge in [-0.15, -0.1) is 0 Å². The average molecular weight is 300 g/mol. The molecular formula is C14H24N2O3S. The van der Waals surface area contributed by atoms with E-state index in [1.165, 1.54) is 11.4 Å². The largest absolute Gasteiger partial charge is 0.398 e. The van der Waals surface area contributed by atoms with Crippen LogP contribution in [0.4, 0.5) is 5.69 Å². The van der Waals surface area contributed by atoms with Crippen molar-refractivity contribution in [1.82, 2.24) is 4.31 Å². The second-order valence-electron chi connectivity index (χ2n) is 5.82. The van der Waals surface area contributed by atoms with E-state index in [1.54, 1.807) is 33.8 Å². The zero-order chi connectivity index (χ0) is 15.9. The van der Waals surface area contributed by atoms with Crippen LogP contribution >= 0.6 is 0 Å². The van der Waals surface area contributed by atoms with Crippen molar-refractivity contribution in [3.05, 3.63) is 22.8 Å². The molecule has 0 fully saturated rings. The van der Waals surface area contributed by atoms with Crippen molar-refractivity contribution in [1.29, 1.82) is 0 Å². The van der Waals surface area contributed by atoms with Crippen molar-refractivity contribution in [3.8, 4) is 0 Å². The lowest BCUT2D eigenvalue weighted by atomic mass is 10.1.